The monoisotopic (exact) mass is 399 g/mol. The molecule has 0 unspecified atom stereocenters. The van der Waals surface area contributed by atoms with Crippen LogP contribution in [-0.2, 0) is 5.75 Å². The number of aliphatic imine (C=N–C) groups is 1. The second kappa shape index (κ2) is 8.92. The minimum atomic E-state index is 0.131. The van der Waals surface area contributed by atoms with E-state index in [-0.39, 0.29) is 17.1 Å². The maximum atomic E-state index is 9.66. The molecule has 29 heavy (non-hydrogen) atoms. The number of nitriles is 2. The highest BCUT2D eigenvalue weighted by atomic mass is 32.2. The highest BCUT2D eigenvalue weighted by molar-refractivity contribution is 7.98. The Bertz CT molecular complexity index is 1160. The maximum Gasteiger partial charge on any atom is 0.143 e. The molecule has 0 fully saturated rings. The zero-order valence-corrected chi connectivity index (χ0v) is 16.4. The number of aromatic nitrogens is 1. The fourth-order valence-corrected chi connectivity index (χ4v) is 3.83. The Kier molecular flexibility index (Phi) is 6.13. The van der Waals surface area contributed by atoms with Crippen LogP contribution in [0.1, 0.15) is 22.3 Å². The molecule has 3 aromatic rings. The van der Waals surface area contributed by atoms with Crippen molar-refractivity contribution >= 4 is 23.8 Å². The van der Waals surface area contributed by atoms with Crippen molar-refractivity contribution in [3.05, 3.63) is 70.8 Å². The van der Waals surface area contributed by atoms with Gasteiger partial charge in [0, 0.05) is 30.1 Å². The molecule has 0 amide bonds. The van der Waals surface area contributed by atoms with Crippen molar-refractivity contribution in [1.82, 2.24) is 4.98 Å². The molecule has 7 heteroatoms. The summed E-state index contributed by atoms with van der Waals surface area (Å²) >= 11 is 1.45. The van der Waals surface area contributed by atoms with Crippen LogP contribution in [-0.4, -0.2) is 23.4 Å². The molecule has 0 atom stereocenters. The van der Waals surface area contributed by atoms with Gasteiger partial charge in [-0.15, -0.1) is 11.8 Å². The Morgan fingerprint density at radius 1 is 1.17 bits per heavy atom. The normalized spacial score (nSPS) is 10.6. The van der Waals surface area contributed by atoms with Gasteiger partial charge in [0.1, 0.15) is 28.2 Å². The summed E-state index contributed by atoms with van der Waals surface area (Å²) in [6.07, 6.45) is 1.66. The third-order valence-corrected chi connectivity index (χ3v) is 5.25. The molecule has 0 radical (unpaired) electrons. The lowest BCUT2D eigenvalue weighted by Gasteiger charge is -2.15. The molecule has 3 rings (SSSR count). The Hall–Kier alpha value is -3.81. The molecule has 0 saturated heterocycles. The topological polar surface area (TPSA) is 119 Å². The van der Waals surface area contributed by atoms with E-state index >= 15 is 0 Å². The van der Waals surface area contributed by atoms with E-state index in [1.54, 1.807) is 43.6 Å². The van der Waals surface area contributed by atoms with E-state index < -0.39 is 0 Å². The van der Waals surface area contributed by atoms with Gasteiger partial charge in [0.25, 0.3) is 0 Å². The number of nitrogens with two attached hydrogens (primary N) is 1. The molecule has 142 valence electrons. The van der Waals surface area contributed by atoms with Gasteiger partial charge >= 0.3 is 0 Å². The lowest BCUT2D eigenvalue weighted by molar-refractivity contribution is 0.475. The number of phenols is 1. The Morgan fingerprint density at radius 3 is 2.59 bits per heavy atom. The Balaban J connectivity index is 2.11. The van der Waals surface area contributed by atoms with Crippen molar-refractivity contribution in [2.75, 3.05) is 12.8 Å². The van der Waals surface area contributed by atoms with Crippen molar-refractivity contribution in [2.45, 2.75) is 10.8 Å². The molecule has 0 aliphatic heterocycles. The van der Waals surface area contributed by atoms with Gasteiger partial charge in [-0.2, -0.15) is 10.5 Å². The molecule has 0 aliphatic rings. The van der Waals surface area contributed by atoms with Crippen LogP contribution in [0.4, 0.5) is 5.82 Å². The van der Waals surface area contributed by atoms with Crippen molar-refractivity contribution in [3.8, 4) is 29.0 Å². The number of hydrogen-bond acceptors (Lipinski definition) is 7. The zero-order valence-electron chi connectivity index (χ0n) is 15.6. The van der Waals surface area contributed by atoms with Gasteiger partial charge < -0.3 is 10.8 Å². The van der Waals surface area contributed by atoms with Crippen LogP contribution in [0.25, 0.3) is 11.1 Å². The van der Waals surface area contributed by atoms with E-state index in [0.717, 1.165) is 11.1 Å². The second-order valence-corrected chi connectivity index (χ2v) is 7.08. The number of pyridine rings is 1. The average Bonchev–Trinajstić information content (AvgIpc) is 2.74. The van der Waals surface area contributed by atoms with Crippen molar-refractivity contribution in [1.29, 1.82) is 10.5 Å². The first-order valence-corrected chi connectivity index (χ1v) is 9.63. The number of aromatic hydroxyl groups is 1. The number of nitrogen functional groups attached to an aromatic ring is 1. The summed E-state index contributed by atoms with van der Waals surface area (Å²) < 4.78 is 0. The Morgan fingerprint density at radius 2 is 1.93 bits per heavy atom. The summed E-state index contributed by atoms with van der Waals surface area (Å²) in [5, 5.41) is 29.0. The number of phenolic OH excluding ortho intramolecular Hbond substituents is 1. The van der Waals surface area contributed by atoms with Crippen LogP contribution in [0.15, 0.2) is 58.5 Å². The molecule has 6 nitrogen and oxygen atoms in total. The quantitative estimate of drug-likeness (QED) is 0.492. The number of benzene rings is 2. The van der Waals surface area contributed by atoms with Crippen molar-refractivity contribution in [3.63, 3.8) is 0 Å². The number of anilines is 1. The van der Waals surface area contributed by atoms with Gasteiger partial charge in [-0.1, -0.05) is 24.3 Å². The standard InChI is InChI=1S/C22H17N5OS/c1-26-12-19-20(16-5-7-17(28)8-6-16)18(11-24)21(25)27-22(19)29-13-15-4-2-3-14(9-15)10-23/h2-9,12,28H,13H2,1H3,(H2,25,27). The fraction of sp³-hybridized carbons (Fsp3) is 0.0909. The van der Waals surface area contributed by atoms with E-state index in [2.05, 4.69) is 22.1 Å². The first-order chi connectivity index (χ1) is 14.1. The fourth-order valence-electron chi connectivity index (χ4n) is 2.88. The van der Waals surface area contributed by atoms with Gasteiger partial charge in [-0.05, 0) is 35.4 Å². The summed E-state index contributed by atoms with van der Waals surface area (Å²) in [6, 6.07) is 18.2. The predicted molar refractivity (Wildman–Crippen MR) is 115 cm³/mol. The Labute approximate surface area is 173 Å². The number of hydrogen-bond donors (Lipinski definition) is 2. The maximum absolute atomic E-state index is 9.66. The number of thioether (sulfide) groups is 1. The molecule has 0 saturated carbocycles. The summed E-state index contributed by atoms with van der Waals surface area (Å²) in [4.78, 5) is 8.57. The van der Waals surface area contributed by atoms with E-state index in [4.69, 9.17) is 11.0 Å². The highest BCUT2D eigenvalue weighted by Crippen LogP contribution is 2.36. The summed E-state index contributed by atoms with van der Waals surface area (Å²) in [6.45, 7) is 0. The SMILES string of the molecule is CN=Cc1c(SCc2cccc(C#N)c2)nc(N)c(C#N)c1-c1ccc(O)cc1. The number of nitrogens with zero attached hydrogens (tertiary/aromatic N) is 4. The zero-order chi connectivity index (χ0) is 20.8. The van der Waals surface area contributed by atoms with Gasteiger partial charge in [0.15, 0.2) is 0 Å². The van der Waals surface area contributed by atoms with Crippen LogP contribution in [0.2, 0.25) is 0 Å². The highest BCUT2D eigenvalue weighted by Gasteiger charge is 2.19. The van der Waals surface area contributed by atoms with Crippen LogP contribution >= 0.6 is 11.8 Å². The predicted octanol–water partition coefficient (Wildman–Crippen LogP) is 4.12. The van der Waals surface area contributed by atoms with Gasteiger partial charge in [-0.25, -0.2) is 4.98 Å². The molecule has 0 aliphatic carbocycles. The molecular formula is C22H17N5OS. The van der Waals surface area contributed by atoms with Crippen LogP contribution in [0, 0.1) is 22.7 Å². The first kappa shape index (κ1) is 19.9. The average molecular weight is 399 g/mol. The van der Waals surface area contributed by atoms with E-state index in [0.29, 0.717) is 27.5 Å². The summed E-state index contributed by atoms with van der Waals surface area (Å²) in [5.74, 6) is 0.844. The lowest BCUT2D eigenvalue weighted by Crippen LogP contribution is -2.05. The smallest absolute Gasteiger partial charge is 0.143 e. The van der Waals surface area contributed by atoms with Crippen molar-refractivity contribution in [2.24, 2.45) is 4.99 Å². The molecule has 1 aromatic heterocycles. The first-order valence-electron chi connectivity index (χ1n) is 8.64. The minimum Gasteiger partial charge on any atom is -0.508 e. The summed E-state index contributed by atoms with van der Waals surface area (Å²) in [7, 11) is 1.65. The van der Waals surface area contributed by atoms with Crippen molar-refractivity contribution < 1.29 is 5.11 Å². The minimum absolute atomic E-state index is 0.131. The van der Waals surface area contributed by atoms with E-state index in [1.807, 2.05) is 18.2 Å². The molecule has 0 spiro atoms. The molecular weight excluding hydrogens is 382 g/mol. The van der Waals surface area contributed by atoms with Gasteiger partial charge in [0.05, 0.1) is 11.6 Å². The molecule has 1 heterocycles. The third-order valence-electron chi connectivity index (χ3n) is 4.19. The van der Waals surface area contributed by atoms with Crippen LogP contribution < -0.4 is 5.73 Å². The summed E-state index contributed by atoms with van der Waals surface area (Å²) in [5.41, 5.74) is 9.97. The second-order valence-electron chi connectivity index (χ2n) is 6.11. The van der Waals surface area contributed by atoms with E-state index in [1.165, 1.54) is 11.8 Å². The molecule has 0 bridgehead atoms. The molecule has 3 N–H and O–H groups in total. The number of rotatable bonds is 5. The lowest BCUT2D eigenvalue weighted by atomic mass is 9.96. The van der Waals surface area contributed by atoms with E-state index in [9.17, 15) is 10.4 Å². The van der Waals surface area contributed by atoms with Crippen LogP contribution in [0.3, 0.4) is 0 Å². The third kappa shape index (κ3) is 4.37. The largest absolute Gasteiger partial charge is 0.508 e. The molecule has 2 aromatic carbocycles. The van der Waals surface area contributed by atoms with Crippen LogP contribution in [0.5, 0.6) is 5.75 Å². The van der Waals surface area contributed by atoms with Gasteiger partial charge in [0.2, 0.25) is 0 Å². The van der Waals surface area contributed by atoms with Gasteiger partial charge in [-0.3, -0.25) is 4.99 Å².